The normalized spacial score (nSPS) is 19.0. The van der Waals surface area contributed by atoms with Gasteiger partial charge in [0.1, 0.15) is 6.04 Å². The number of anilines is 1. The van der Waals surface area contributed by atoms with Gasteiger partial charge in [-0.1, -0.05) is 12.1 Å². The van der Waals surface area contributed by atoms with Gasteiger partial charge >= 0.3 is 12.0 Å². The van der Waals surface area contributed by atoms with Crippen LogP contribution in [0.1, 0.15) is 31.4 Å². The van der Waals surface area contributed by atoms with Crippen molar-refractivity contribution < 1.29 is 19.5 Å². The van der Waals surface area contributed by atoms with Crippen molar-refractivity contribution in [2.75, 3.05) is 44.6 Å². The van der Waals surface area contributed by atoms with E-state index in [2.05, 4.69) is 5.32 Å². The van der Waals surface area contributed by atoms with Crippen molar-refractivity contribution in [1.29, 1.82) is 0 Å². The standard InChI is InChI=1S/C19H26N4O4/c1-14(24)21-10-12-22(13-11-21)17(18(25)26)15-4-6-16(7-5-15)20-19(27)23-8-2-3-9-23/h4-7,17H,2-3,8-13H2,1H3,(H,20,27)(H,25,26)/t17-/m1/s1. The fourth-order valence-electron chi connectivity index (χ4n) is 3.68. The van der Waals surface area contributed by atoms with Gasteiger partial charge in [0.05, 0.1) is 0 Å². The number of aliphatic carboxylic acids is 1. The van der Waals surface area contributed by atoms with E-state index in [4.69, 9.17) is 0 Å². The van der Waals surface area contributed by atoms with Crippen molar-refractivity contribution in [2.45, 2.75) is 25.8 Å². The van der Waals surface area contributed by atoms with E-state index < -0.39 is 12.0 Å². The number of carboxylic acids is 1. The highest BCUT2D eigenvalue weighted by atomic mass is 16.4. The summed E-state index contributed by atoms with van der Waals surface area (Å²) in [5, 5.41) is 12.6. The van der Waals surface area contributed by atoms with Gasteiger partial charge < -0.3 is 20.2 Å². The van der Waals surface area contributed by atoms with Crippen molar-refractivity contribution in [1.82, 2.24) is 14.7 Å². The zero-order valence-electron chi connectivity index (χ0n) is 15.6. The average Bonchev–Trinajstić information content (AvgIpc) is 3.18. The van der Waals surface area contributed by atoms with E-state index >= 15 is 0 Å². The first-order chi connectivity index (χ1) is 13.0. The molecule has 0 radical (unpaired) electrons. The molecule has 0 bridgehead atoms. The van der Waals surface area contributed by atoms with Crippen LogP contribution < -0.4 is 5.32 Å². The van der Waals surface area contributed by atoms with Crippen molar-refractivity contribution in [3.8, 4) is 0 Å². The molecule has 2 aliphatic heterocycles. The molecule has 0 unspecified atom stereocenters. The smallest absolute Gasteiger partial charge is 0.325 e. The van der Waals surface area contributed by atoms with Crippen molar-refractivity contribution in [2.24, 2.45) is 0 Å². The first kappa shape index (κ1) is 19.2. The lowest BCUT2D eigenvalue weighted by molar-refractivity contribution is -0.145. The number of likely N-dealkylation sites (tertiary alicyclic amines) is 1. The molecule has 2 fully saturated rings. The zero-order chi connectivity index (χ0) is 19.4. The van der Waals surface area contributed by atoms with Gasteiger partial charge in [0.2, 0.25) is 5.91 Å². The molecule has 0 spiro atoms. The van der Waals surface area contributed by atoms with E-state index in [1.165, 1.54) is 6.92 Å². The van der Waals surface area contributed by atoms with E-state index in [0.29, 0.717) is 37.4 Å². The Kier molecular flexibility index (Phi) is 5.95. The molecular weight excluding hydrogens is 348 g/mol. The average molecular weight is 374 g/mol. The quantitative estimate of drug-likeness (QED) is 0.835. The van der Waals surface area contributed by atoms with Crippen LogP contribution in [0.4, 0.5) is 10.5 Å². The van der Waals surface area contributed by atoms with E-state index in [0.717, 1.165) is 25.9 Å². The number of rotatable bonds is 4. The number of carboxylic acid groups (broad SMARTS) is 1. The number of carbonyl (C=O) groups is 3. The summed E-state index contributed by atoms with van der Waals surface area (Å²) in [6.45, 7) is 5.17. The van der Waals surface area contributed by atoms with Gasteiger partial charge in [0.25, 0.3) is 0 Å². The number of nitrogens with one attached hydrogen (secondary N) is 1. The number of hydrogen-bond acceptors (Lipinski definition) is 4. The van der Waals surface area contributed by atoms with Gasteiger partial charge in [-0.2, -0.15) is 0 Å². The number of carbonyl (C=O) groups excluding carboxylic acids is 2. The summed E-state index contributed by atoms with van der Waals surface area (Å²) >= 11 is 0. The molecule has 2 N–H and O–H groups in total. The third-order valence-corrected chi connectivity index (χ3v) is 5.23. The minimum Gasteiger partial charge on any atom is -0.480 e. The molecule has 2 aliphatic rings. The minimum absolute atomic E-state index is 0.0135. The molecule has 2 heterocycles. The Bertz CT molecular complexity index is 692. The van der Waals surface area contributed by atoms with Gasteiger partial charge in [-0.05, 0) is 30.5 Å². The summed E-state index contributed by atoms with van der Waals surface area (Å²) in [4.78, 5) is 40.8. The van der Waals surface area contributed by atoms with Crippen LogP contribution in [0.2, 0.25) is 0 Å². The van der Waals surface area contributed by atoms with Gasteiger partial charge in [0, 0.05) is 51.9 Å². The maximum atomic E-state index is 12.2. The molecule has 1 atom stereocenters. The van der Waals surface area contributed by atoms with E-state index in [1.54, 1.807) is 34.1 Å². The number of urea groups is 1. The van der Waals surface area contributed by atoms with E-state index in [-0.39, 0.29) is 11.9 Å². The predicted molar refractivity (Wildman–Crippen MR) is 100 cm³/mol. The monoisotopic (exact) mass is 374 g/mol. The predicted octanol–water partition coefficient (Wildman–Crippen LogP) is 1.60. The molecule has 8 heteroatoms. The first-order valence-corrected chi connectivity index (χ1v) is 9.34. The Morgan fingerprint density at radius 3 is 2.04 bits per heavy atom. The molecule has 3 amide bonds. The molecule has 0 aromatic heterocycles. The molecule has 146 valence electrons. The summed E-state index contributed by atoms with van der Waals surface area (Å²) in [6.07, 6.45) is 2.06. The van der Waals surface area contributed by atoms with Gasteiger partial charge in [-0.3, -0.25) is 14.5 Å². The Morgan fingerprint density at radius 1 is 0.926 bits per heavy atom. The van der Waals surface area contributed by atoms with Crippen molar-refractivity contribution in [3.63, 3.8) is 0 Å². The lowest BCUT2D eigenvalue weighted by atomic mass is 10.0. The van der Waals surface area contributed by atoms with Crippen LogP contribution in [0.5, 0.6) is 0 Å². The second-order valence-corrected chi connectivity index (χ2v) is 7.03. The molecule has 3 rings (SSSR count). The fraction of sp³-hybridized carbons (Fsp3) is 0.526. The van der Waals surface area contributed by atoms with Crippen molar-refractivity contribution >= 4 is 23.6 Å². The lowest BCUT2D eigenvalue weighted by Crippen LogP contribution is -2.50. The SMILES string of the molecule is CC(=O)N1CCN([C@@H](C(=O)O)c2ccc(NC(=O)N3CCCC3)cc2)CC1. The first-order valence-electron chi connectivity index (χ1n) is 9.34. The van der Waals surface area contributed by atoms with Crippen LogP contribution in [-0.2, 0) is 9.59 Å². The second kappa shape index (κ2) is 8.39. The molecule has 0 aliphatic carbocycles. The fourth-order valence-corrected chi connectivity index (χ4v) is 3.68. The van der Waals surface area contributed by atoms with E-state index in [9.17, 15) is 19.5 Å². The van der Waals surface area contributed by atoms with Gasteiger partial charge in [0.15, 0.2) is 0 Å². The maximum Gasteiger partial charge on any atom is 0.325 e. The summed E-state index contributed by atoms with van der Waals surface area (Å²) in [6, 6.07) is 6.10. The Balaban J connectivity index is 1.65. The van der Waals surface area contributed by atoms with Crippen LogP contribution in [0, 0.1) is 0 Å². The zero-order valence-corrected chi connectivity index (χ0v) is 15.6. The molecule has 8 nitrogen and oxygen atoms in total. The number of benzene rings is 1. The summed E-state index contributed by atoms with van der Waals surface area (Å²) < 4.78 is 0. The third-order valence-electron chi connectivity index (χ3n) is 5.23. The summed E-state index contributed by atoms with van der Waals surface area (Å²) in [7, 11) is 0. The van der Waals surface area contributed by atoms with Gasteiger partial charge in [-0.25, -0.2) is 4.79 Å². The Hall–Kier alpha value is -2.61. The topological polar surface area (TPSA) is 93.2 Å². The number of hydrogen-bond donors (Lipinski definition) is 2. The van der Waals surface area contributed by atoms with Crippen LogP contribution in [-0.4, -0.2) is 77.0 Å². The highest BCUT2D eigenvalue weighted by Gasteiger charge is 2.30. The van der Waals surface area contributed by atoms with E-state index in [1.807, 2.05) is 4.90 Å². The van der Waals surface area contributed by atoms with Crippen molar-refractivity contribution in [3.05, 3.63) is 29.8 Å². The third kappa shape index (κ3) is 4.57. The van der Waals surface area contributed by atoms with Crippen LogP contribution in [0.25, 0.3) is 0 Å². The Labute approximate surface area is 158 Å². The molecular formula is C19H26N4O4. The molecule has 1 aromatic carbocycles. The summed E-state index contributed by atoms with van der Waals surface area (Å²) in [5.41, 5.74) is 1.32. The number of piperazine rings is 1. The highest BCUT2D eigenvalue weighted by molar-refractivity contribution is 5.89. The lowest BCUT2D eigenvalue weighted by Gasteiger charge is -2.37. The minimum atomic E-state index is -0.917. The molecule has 0 saturated carbocycles. The maximum absolute atomic E-state index is 12.2. The summed E-state index contributed by atoms with van der Waals surface area (Å²) in [5.74, 6) is -0.903. The molecule has 2 saturated heterocycles. The number of amides is 3. The van der Waals surface area contributed by atoms with Gasteiger partial charge in [-0.15, -0.1) is 0 Å². The molecule has 27 heavy (non-hydrogen) atoms. The second-order valence-electron chi connectivity index (χ2n) is 7.03. The Morgan fingerprint density at radius 2 is 1.52 bits per heavy atom. The van der Waals surface area contributed by atoms with Crippen LogP contribution in [0.15, 0.2) is 24.3 Å². The largest absolute Gasteiger partial charge is 0.480 e. The highest BCUT2D eigenvalue weighted by Crippen LogP contribution is 2.24. The van der Waals surface area contributed by atoms with Crippen LogP contribution >= 0.6 is 0 Å². The van der Waals surface area contributed by atoms with Crippen LogP contribution in [0.3, 0.4) is 0 Å². The molecule has 1 aromatic rings. The number of nitrogens with zero attached hydrogens (tertiary/aromatic N) is 3.